The molecule has 1 aromatic heterocycles. The van der Waals surface area contributed by atoms with Crippen molar-refractivity contribution in [2.24, 2.45) is 0 Å². The molecule has 0 aliphatic carbocycles. The maximum absolute atomic E-state index is 13.2. The van der Waals surface area contributed by atoms with Crippen LogP contribution in [0.1, 0.15) is 47.4 Å². The highest BCUT2D eigenvalue weighted by molar-refractivity contribution is 5.95. The number of likely N-dealkylation sites (tertiary alicyclic amines) is 1. The number of anilines is 1. The van der Waals surface area contributed by atoms with E-state index in [2.05, 4.69) is 17.2 Å². The standard InChI is InChI=1S/C23H26N4O2/c1-3-29-20-12-8-17(9-13-20)21-5-4-14-26(21)23(28)18-6-10-19(11-7-18)27-22(24)15-16(2)25-27/h6-13,15,21H,3-5,14,24H2,1-2H3. The molecule has 29 heavy (non-hydrogen) atoms. The van der Waals surface area contributed by atoms with E-state index in [0.29, 0.717) is 18.0 Å². The Morgan fingerprint density at radius 3 is 2.52 bits per heavy atom. The molecule has 1 amide bonds. The summed E-state index contributed by atoms with van der Waals surface area (Å²) in [7, 11) is 0. The number of hydrogen-bond donors (Lipinski definition) is 1. The van der Waals surface area contributed by atoms with E-state index in [0.717, 1.165) is 42.1 Å². The van der Waals surface area contributed by atoms with Crippen LogP contribution in [-0.2, 0) is 0 Å². The SMILES string of the molecule is CCOc1ccc(C2CCCN2C(=O)c2ccc(-n3nc(C)cc3N)cc2)cc1. The molecule has 1 atom stereocenters. The fourth-order valence-corrected chi connectivity index (χ4v) is 3.95. The highest BCUT2D eigenvalue weighted by atomic mass is 16.5. The minimum Gasteiger partial charge on any atom is -0.494 e. The average molecular weight is 390 g/mol. The van der Waals surface area contributed by atoms with Crippen LogP contribution >= 0.6 is 0 Å². The van der Waals surface area contributed by atoms with Gasteiger partial charge in [-0.15, -0.1) is 0 Å². The zero-order valence-electron chi connectivity index (χ0n) is 16.8. The minimum absolute atomic E-state index is 0.0533. The normalized spacial score (nSPS) is 16.2. The Hall–Kier alpha value is -3.28. The van der Waals surface area contributed by atoms with E-state index < -0.39 is 0 Å². The number of rotatable bonds is 5. The van der Waals surface area contributed by atoms with E-state index in [4.69, 9.17) is 10.5 Å². The second-order valence-electron chi connectivity index (χ2n) is 7.33. The molecule has 6 heteroatoms. The summed E-state index contributed by atoms with van der Waals surface area (Å²) in [6, 6.07) is 17.5. The van der Waals surface area contributed by atoms with Crippen molar-refractivity contribution in [2.75, 3.05) is 18.9 Å². The Bertz CT molecular complexity index is 993. The van der Waals surface area contributed by atoms with Crippen LogP contribution in [0.4, 0.5) is 5.82 Å². The van der Waals surface area contributed by atoms with Crippen LogP contribution in [-0.4, -0.2) is 33.7 Å². The number of nitrogens with zero attached hydrogens (tertiary/aromatic N) is 3. The first kappa shape index (κ1) is 19.1. The summed E-state index contributed by atoms with van der Waals surface area (Å²) in [6.45, 7) is 5.29. The van der Waals surface area contributed by atoms with Crippen LogP contribution in [0.2, 0.25) is 0 Å². The van der Waals surface area contributed by atoms with Gasteiger partial charge >= 0.3 is 0 Å². The molecule has 4 rings (SSSR count). The van der Waals surface area contributed by atoms with Crippen molar-refractivity contribution in [2.45, 2.75) is 32.7 Å². The number of carbonyl (C=O) groups is 1. The number of ether oxygens (including phenoxy) is 1. The van der Waals surface area contributed by atoms with E-state index in [1.165, 1.54) is 0 Å². The summed E-state index contributed by atoms with van der Waals surface area (Å²) < 4.78 is 7.21. The summed E-state index contributed by atoms with van der Waals surface area (Å²) in [5, 5.41) is 4.39. The molecule has 2 N–H and O–H groups in total. The van der Waals surface area contributed by atoms with Gasteiger partial charge in [-0.25, -0.2) is 4.68 Å². The molecule has 6 nitrogen and oxygen atoms in total. The van der Waals surface area contributed by atoms with E-state index >= 15 is 0 Å². The fraction of sp³-hybridized carbons (Fsp3) is 0.304. The molecular formula is C23H26N4O2. The first-order chi connectivity index (χ1) is 14.1. The Balaban J connectivity index is 1.53. The summed E-state index contributed by atoms with van der Waals surface area (Å²) in [5.41, 5.74) is 9.53. The Morgan fingerprint density at radius 1 is 1.17 bits per heavy atom. The second-order valence-corrected chi connectivity index (χ2v) is 7.33. The van der Waals surface area contributed by atoms with Gasteiger partial charge in [0.25, 0.3) is 5.91 Å². The van der Waals surface area contributed by atoms with Crippen LogP contribution in [0.3, 0.4) is 0 Å². The van der Waals surface area contributed by atoms with Crippen LogP contribution in [0, 0.1) is 6.92 Å². The van der Waals surface area contributed by atoms with Crippen LogP contribution in [0.5, 0.6) is 5.75 Å². The van der Waals surface area contributed by atoms with Gasteiger partial charge in [0.05, 0.1) is 24.0 Å². The lowest BCUT2D eigenvalue weighted by Crippen LogP contribution is -2.30. The number of carbonyl (C=O) groups excluding carboxylic acids is 1. The van der Waals surface area contributed by atoms with E-state index in [1.54, 1.807) is 4.68 Å². The summed E-state index contributed by atoms with van der Waals surface area (Å²) in [4.78, 5) is 15.1. The number of nitrogens with two attached hydrogens (primary N) is 1. The number of hydrogen-bond acceptors (Lipinski definition) is 4. The van der Waals surface area contributed by atoms with Gasteiger partial charge in [-0.3, -0.25) is 4.79 Å². The lowest BCUT2D eigenvalue weighted by molar-refractivity contribution is 0.0735. The third kappa shape index (κ3) is 3.83. The Labute approximate surface area is 170 Å². The Morgan fingerprint density at radius 2 is 1.90 bits per heavy atom. The molecule has 1 saturated heterocycles. The van der Waals surface area contributed by atoms with Crippen LogP contribution in [0.15, 0.2) is 54.6 Å². The lowest BCUT2D eigenvalue weighted by Gasteiger charge is -2.25. The monoisotopic (exact) mass is 390 g/mol. The van der Waals surface area contributed by atoms with Gasteiger partial charge in [-0.1, -0.05) is 12.1 Å². The van der Waals surface area contributed by atoms with Gasteiger partial charge in [0.1, 0.15) is 11.6 Å². The quantitative estimate of drug-likeness (QED) is 0.711. The molecule has 0 bridgehead atoms. The number of amides is 1. The third-order valence-corrected chi connectivity index (χ3v) is 5.31. The highest BCUT2D eigenvalue weighted by Gasteiger charge is 2.30. The maximum atomic E-state index is 13.2. The minimum atomic E-state index is 0.0533. The number of nitrogen functional groups attached to an aromatic ring is 1. The molecule has 0 radical (unpaired) electrons. The third-order valence-electron chi connectivity index (χ3n) is 5.31. The molecular weight excluding hydrogens is 364 g/mol. The lowest BCUT2D eigenvalue weighted by atomic mass is 10.0. The number of benzene rings is 2. The first-order valence-corrected chi connectivity index (χ1v) is 10.0. The van der Waals surface area contributed by atoms with Crippen molar-refractivity contribution in [1.82, 2.24) is 14.7 Å². The van der Waals surface area contributed by atoms with Crippen molar-refractivity contribution < 1.29 is 9.53 Å². The van der Waals surface area contributed by atoms with Gasteiger partial charge in [0.15, 0.2) is 0 Å². The van der Waals surface area contributed by atoms with Crippen molar-refractivity contribution >= 4 is 11.7 Å². The molecule has 0 saturated carbocycles. The summed E-state index contributed by atoms with van der Waals surface area (Å²) in [6.07, 6.45) is 1.98. The van der Waals surface area contributed by atoms with Gasteiger partial charge < -0.3 is 15.4 Å². The second kappa shape index (κ2) is 7.99. The van der Waals surface area contributed by atoms with Crippen LogP contribution in [0.25, 0.3) is 5.69 Å². The summed E-state index contributed by atoms with van der Waals surface area (Å²) in [5.74, 6) is 1.49. The van der Waals surface area contributed by atoms with E-state index in [1.807, 2.05) is 61.2 Å². The fourth-order valence-electron chi connectivity index (χ4n) is 3.95. The van der Waals surface area contributed by atoms with Crippen LogP contribution < -0.4 is 10.5 Å². The zero-order valence-corrected chi connectivity index (χ0v) is 16.8. The van der Waals surface area contributed by atoms with E-state index in [9.17, 15) is 4.79 Å². The van der Waals surface area contributed by atoms with Crippen molar-refractivity contribution in [3.63, 3.8) is 0 Å². The molecule has 1 aliphatic rings. The highest BCUT2D eigenvalue weighted by Crippen LogP contribution is 2.34. The zero-order chi connectivity index (χ0) is 20.4. The van der Waals surface area contributed by atoms with Gasteiger partial charge in [-0.05, 0) is 68.7 Å². The smallest absolute Gasteiger partial charge is 0.254 e. The molecule has 150 valence electrons. The number of aromatic nitrogens is 2. The predicted octanol–water partition coefficient (Wildman–Crippen LogP) is 4.14. The van der Waals surface area contributed by atoms with Gasteiger partial charge in [-0.2, -0.15) is 5.10 Å². The Kier molecular flexibility index (Phi) is 5.25. The first-order valence-electron chi connectivity index (χ1n) is 10.0. The molecule has 2 aromatic carbocycles. The molecule has 3 aromatic rings. The number of aryl methyl sites for hydroxylation is 1. The molecule has 2 heterocycles. The predicted molar refractivity (Wildman–Crippen MR) is 113 cm³/mol. The average Bonchev–Trinajstić information content (AvgIpc) is 3.35. The maximum Gasteiger partial charge on any atom is 0.254 e. The topological polar surface area (TPSA) is 73.4 Å². The molecule has 1 fully saturated rings. The molecule has 0 spiro atoms. The van der Waals surface area contributed by atoms with Gasteiger partial charge in [0.2, 0.25) is 0 Å². The van der Waals surface area contributed by atoms with E-state index in [-0.39, 0.29) is 11.9 Å². The van der Waals surface area contributed by atoms with Crippen molar-refractivity contribution in [3.8, 4) is 11.4 Å². The molecule has 1 unspecified atom stereocenters. The van der Waals surface area contributed by atoms with Gasteiger partial charge in [0, 0.05) is 18.2 Å². The largest absolute Gasteiger partial charge is 0.494 e. The molecule has 1 aliphatic heterocycles. The van der Waals surface area contributed by atoms with Crippen molar-refractivity contribution in [1.29, 1.82) is 0 Å². The summed E-state index contributed by atoms with van der Waals surface area (Å²) >= 11 is 0. The van der Waals surface area contributed by atoms with Crippen molar-refractivity contribution in [3.05, 3.63) is 71.4 Å².